The second-order valence-corrected chi connectivity index (χ2v) is 4.23. The van der Waals surface area contributed by atoms with Crippen LogP contribution in [-0.2, 0) is 0 Å². The average molecular weight is 275 g/mol. The van der Waals surface area contributed by atoms with E-state index in [9.17, 15) is 0 Å². The van der Waals surface area contributed by atoms with Gasteiger partial charge in [-0.15, -0.1) is 0 Å². The third kappa shape index (κ3) is 1.88. The van der Waals surface area contributed by atoms with Crippen molar-refractivity contribution < 1.29 is 4.74 Å². The van der Waals surface area contributed by atoms with Gasteiger partial charge in [0.15, 0.2) is 0 Å². The summed E-state index contributed by atoms with van der Waals surface area (Å²) in [4.78, 5) is 4.17. The van der Waals surface area contributed by atoms with Crippen molar-refractivity contribution in [3.8, 4) is 5.88 Å². The maximum Gasteiger partial charge on any atom is 0.213 e. The molecule has 0 aliphatic heterocycles. The first-order valence-corrected chi connectivity index (χ1v) is 5.21. The molecule has 1 heterocycles. The summed E-state index contributed by atoms with van der Waals surface area (Å²) in [5, 5.41) is 0. The zero-order chi connectivity index (χ0) is 8.39. The number of aromatic nitrogens is 1. The zero-order valence-electron chi connectivity index (χ0n) is 6.66. The summed E-state index contributed by atoms with van der Waals surface area (Å²) in [5.74, 6) is 0.764. The van der Waals surface area contributed by atoms with Crippen LogP contribution in [-0.4, -0.2) is 11.1 Å². The van der Waals surface area contributed by atoms with Crippen LogP contribution in [0.15, 0.2) is 18.3 Å². The Morgan fingerprint density at radius 1 is 1.42 bits per heavy atom. The van der Waals surface area contributed by atoms with Gasteiger partial charge in [-0.25, -0.2) is 4.98 Å². The van der Waals surface area contributed by atoms with E-state index in [-0.39, 0.29) is 0 Å². The molecular weight excluding hydrogens is 265 g/mol. The fourth-order valence-electron chi connectivity index (χ4n) is 1.09. The van der Waals surface area contributed by atoms with Gasteiger partial charge in [0.2, 0.25) is 5.88 Å². The molecule has 0 bridgehead atoms. The predicted octanol–water partition coefficient (Wildman–Crippen LogP) is 2.62. The highest BCUT2D eigenvalue weighted by atomic mass is 127. The molecule has 1 aromatic heterocycles. The highest BCUT2D eigenvalue weighted by Crippen LogP contribution is 2.23. The summed E-state index contributed by atoms with van der Waals surface area (Å²) >= 11 is 2.24. The van der Waals surface area contributed by atoms with Gasteiger partial charge in [-0.2, -0.15) is 0 Å². The number of pyridine rings is 1. The Hall–Kier alpha value is -0.320. The van der Waals surface area contributed by atoms with Gasteiger partial charge in [0.1, 0.15) is 6.10 Å². The Labute approximate surface area is 85.5 Å². The normalized spacial score (nSPS) is 17.1. The lowest BCUT2D eigenvalue weighted by molar-refractivity contribution is 0.114. The van der Waals surface area contributed by atoms with Gasteiger partial charge < -0.3 is 4.74 Å². The van der Waals surface area contributed by atoms with Crippen LogP contribution >= 0.6 is 22.6 Å². The summed E-state index contributed by atoms with van der Waals surface area (Å²) in [6.45, 7) is 0. The minimum Gasteiger partial charge on any atom is -0.474 e. The van der Waals surface area contributed by atoms with Gasteiger partial charge >= 0.3 is 0 Å². The summed E-state index contributed by atoms with van der Waals surface area (Å²) in [5.41, 5.74) is 0. The van der Waals surface area contributed by atoms with E-state index in [4.69, 9.17) is 4.74 Å². The average Bonchev–Trinajstić information content (AvgIpc) is 2.00. The van der Waals surface area contributed by atoms with Crippen molar-refractivity contribution in [2.45, 2.75) is 25.4 Å². The molecule has 1 fully saturated rings. The molecule has 2 nitrogen and oxygen atoms in total. The van der Waals surface area contributed by atoms with Crippen molar-refractivity contribution in [1.29, 1.82) is 0 Å². The Bertz CT molecular complexity index is 256. The van der Waals surface area contributed by atoms with Crippen LogP contribution in [0.1, 0.15) is 19.3 Å². The second kappa shape index (κ2) is 3.60. The molecule has 0 N–H and O–H groups in total. The predicted molar refractivity (Wildman–Crippen MR) is 55.2 cm³/mol. The lowest BCUT2D eigenvalue weighted by Crippen LogP contribution is -2.24. The van der Waals surface area contributed by atoms with Gasteiger partial charge in [0.25, 0.3) is 0 Å². The molecule has 1 saturated carbocycles. The Morgan fingerprint density at radius 3 is 2.75 bits per heavy atom. The fraction of sp³-hybridized carbons (Fsp3) is 0.444. The lowest BCUT2D eigenvalue weighted by atomic mass is 9.96. The first kappa shape index (κ1) is 8.29. The molecule has 1 aliphatic carbocycles. The molecule has 0 unspecified atom stereocenters. The van der Waals surface area contributed by atoms with Gasteiger partial charge in [0, 0.05) is 15.8 Å². The Balaban J connectivity index is 1.98. The summed E-state index contributed by atoms with van der Waals surface area (Å²) in [6.07, 6.45) is 5.93. The third-order valence-corrected chi connectivity index (χ3v) is 2.68. The number of hydrogen-bond acceptors (Lipinski definition) is 2. The largest absolute Gasteiger partial charge is 0.474 e. The highest BCUT2D eigenvalue weighted by molar-refractivity contribution is 14.1. The van der Waals surface area contributed by atoms with E-state index < -0.39 is 0 Å². The quantitative estimate of drug-likeness (QED) is 0.774. The number of ether oxygens (including phenoxy) is 1. The van der Waals surface area contributed by atoms with E-state index in [1.807, 2.05) is 18.3 Å². The van der Waals surface area contributed by atoms with Crippen molar-refractivity contribution in [2.75, 3.05) is 0 Å². The smallest absolute Gasteiger partial charge is 0.213 e. The summed E-state index contributed by atoms with van der Waals surface area (Å²) in [6, 6.07) is 3.95. The maximum atomic E-state index is 5.59. The van der Waals surface area contributed by atoms with Crippen LogP contribution in [0.5, 0.6) is 5.88 Å². The van der Waals surface area contributed by atoms with E-state index in [1.165, 1.54) is 19.3 Å². The SMILES string of the molecule is Ic1ccc(OC2CCC2)nc1. The van der Waals surface area contributed by atoms with Crippen LogP contribution in [0.3, 0.4) is 0 Å². The summed E-state index contributed by atoms with van der Waals surface area (Å²) in [7, 11) is 0. The van der Waals surface area contributed by atoms with Crippen LogP contribution < -0.4 is 4.74 Å². The molecule has 2 rings (SSSR count). The van der Waals surface area contributed by atoms with Crippen molar-refractivity contribution in [3.63, 3.8) is 0 Å². The number of hydrogen-bond donors (Lipinski definition) is 0. The number of rotatable bonds is 2. The zero-order valence-corrected chi connectivity index (χ0v) is 8.82. The minimum absolute atomic E-state index is 0.428. The Morgan fingerprint density at radius 2 is 2.25 bits per heavy atom. The van der Waals surface area contributed by atoms with Crippen LogP contribution in [0.25, 0.3) is 0 Å². The van der Waals surface area contributed by atoms with Crippen LogP contribution in [0, 0.1) is 3.57 Å². The molecule has 0 aromatic carbocycles. The van der Waals surface area contributed by atoms with E-state index in [0.29, 0.717) is 6.10 Å². The fourth-order valence-corrected chi connectivity index (χ4v) is 1.41. The topological polar surface area (TPSA) is 22.1 Å². The molecule has 1 aliphatic rings. The van der Waals surface area contributed by atoms with Crippen molar-refractivity contribution in [1.82, 2.24) is 4.98 Å². The standard InChI is InChI=1S/C9H10INO/c10-7-4-5-9(11-6-7)12-8-2-1-3-8/h4-6,8H,1-3H2. The van der Waals surface area contributed by atoms with E-state index in [1.54, 1.807) is 0 Å². The maximum absolute atomic E-state index is 5.59. The van der Waals surface area contributed by atoms with Crippen molar-refractivity contribution in [2.24, 2.45) is 0 Å². The highest BCUT2D eigenvalue weighted by Gasteiger charge is 2.19. The molecule has 64 valence electrons. The molecule has 0 radical (unpaired) electrons. The molecule has 3 heteroatoms. The molecule has 0 spiro atoms. The molecule has 0 atom stereocenters. The molecule has 12 heavy (non-hydrogen) atoms. The monoisotopic (exact) mass is 275 g/mol. The number of nitrogens with zero attached hydrogens (tertiary/aromatic N) is 1. The van der Waals surface area contributed by atoms with Crippen molar-refractivity contribution in [3.05, 3.63) is 21.9 Å². The second-order valence-electron chi connectivity index (χ2n) is 2.99. The van der Waals surface area contributed by atoms with Crippen molar-refractivity contribution >= 4 is 22.6 Å². The van der Waals surface area contributed by atoms with Gasteiger partial charge in [-0.1, -0.05) is 0 Å². The Kier molecular flexibility index (Phi) is 2.48. The van der Waals surface area contributed by atoms with E-state index in [2.05, 4.69) is 27.6 Å². The number of halogens is 1. The molecular formula is C9H10INO. The first-order chi connectivity index (χ1) is 5.84. The van der Waals surface area contributed by atoms with Gasteiger partial charge in [-0.3, -0.25) is 0 Å². The van der Waals surface area contributed by atoms with Crippen LogP contribution in [0.2, 0.25) is 0 Å². The van der Waals surface area contributed by atoms with E-state index >= 15 is 0 Å². The summed E-state index contributed by atoms with van der Waals surface area (Å²) < 4.78 is 6.74. The molecule has 0 amide bonds. The third-order valence-electron chi connectivity index (χ3n) is 2.04. The van der Waals surface area contributed by atoms with Gasteiger partial charge in [-0.05, 0) is 47.9 Å². The van der Waals surface area contributed by atoms with E-state index in [0.717, 1.165) is 9.45 Å². The molecule has 0 saturated heterocycles. The molecule has 1 aromatic rings. The lowest BCUT2D eigenvalue weighted by Gasteiger charge is -2.25. The first-order valence-electron chi connectivity index (χ1n) is 4.13. The minimum atomic E-state index is 0.428. The van der Waals surface area contributed by atoms with Crippen LogP contribution in [0.4, 0.5) is 0 Å². The van der Waals surface area contributed by atoms with Gasteiger partial charge in [0.05, 0.1) is 0 Å².